The third kappa shape index (κ3) is 3.53. The highest BCUT2D eigenvalue weighted by molar-refractivity contribution is 7.90. The molecule has 1 aliphatic heterocycles. The van der Waals surface area contributed by atoms with Gasteiger partial charge in [0.1, 0.15) is 12.1 Å². The number of rotatable bonds is 4. The van der Waals surface area contributed by atoms with E-state index < -0.39 is 9.84 Å². The molecule has 1 aromatic carbocycles. The van der Waals surface area contributed by atoms with Gasteiger partial charge in [-0.1, -0.05) is 0 Å². The smallest absolute Gasteiger partial charge is 0.175 e. The number of hydrogen-bond donors (Lipinski definition) is 0. The number of benzene rings is 1. The fraction of sp³-hybridized carbons (Fsp3) is 0.421. The molecule has 0 unspecified atom stereocenters. The first-order chi connectivity index (χ1) is 13.0. The van der Waals surface area contributed by atoms with Crippen molar-refractivity contribution in [3.05, 3.63) is 42.5 Å². The Hall–Kier alpha value is -2.48. The molecule has 0 spiro atoms. The van der Waals surface area contributed by atoms with Crippen LogP contribution in [0.5, 0.6) is 0 Å². The SMILES string of the molecule is CCn1cc(C2CCN(c3ncnc4ccc(S(C)(=O)=O)cc34)CC2)cn1. The maximum atomic E-state index is 11.9. The highest BCUT2D eigenvalue weighted by Crippen LogP contribution is 2.32. The fourth-order valence-electron chi connectivity index (χ4n) is 3.69. The van der Waals surface area contributed by atoms with Crippen molar-refractivity contribution in [1.82, 2.24) is 19.7 Å². The van der Waals surface area contributed by atoms with Gasteiger partial charge in [0.05, 0.1) is 16.6 Å². The summed E-state index contributed by atoms with van der Waals surface area (Å²) < 4.78 is 25.8. The number of fused-ring (bicyclic) bond motifs is 1. The topological polar surface area (TPSA) is 81.0 Å². The first-order valence-electron chi connectivity index (χ1n) is 9.18. The second-order valence-electron chi connectivity index (χ2n) is 7.04. The van der Waals surface area contributed by atoms with Crippen LogP contribution in [0.4, 0.5) is 5.82 Å². The van der Waals surface area contributed by atoms with Crippen molar-refractivity contribution < 1.29 is 8.42 Å². The van der Waals surface area contributed by atoms with Crippen molar-refractivity contribution in [3.63, 3.8) is 0 Å². The van der Waals surface area contributed by atoms with Crippen LogP contribution >= 0.6 is 0 Å². The van der Waals surface area contributed by atoms with Crippen molar-refractivity contribution in [2.45, 2.75) is 37.1 Å². The number of piperidine rings is 1. The molecule has 7 nitrogen and oxygen atoms in total. The number of anilines is 1. The average molecular weight is 385 g/mol. The van der Waals surface area contributed by atoms with Crippen molar-refractivity contribution >= 4 is 26.6 Å². The van der Waals surface area contributed by atoms with E-state index in [1.54, 1.807) is 24.5 Å². The molecule has 3 aromatic rings. The maximum Gasteiger partial charge on any atom is 0.175 e. The minimum Gasteiger partial charge on any atom is -0.356 e. The zero-order chi connectivity index (χ0) is 19.0. The van der Waals surface area contributed by atoms with E-state index in [4.69, 9.17) is 0 Å². The first-order valence-corrected chi connectivity index (χ1v) is 11.1. The minimum atomic E-state index is -3.27. The first kappa shape index (κ1) is 17.9. The van der Waals surface area contributed by atoms with Gasteiger partial charge >= 0.3 is 0 Å². The Balaban J connectivity index is 1.60. The molecular formula is C19H23N5O2S. The van der Waals surface area contributed by atoms with Gasteiger partial charge < -0.3 is 4.90 Å². The molecule has 0 amide bonds. The van der Waals surface area contributed by atoms with Gasteiger partial charge in [-0.15, -0.1) is 0 Å². The molecule has 27 heavy (non-hydrogen) atoms. The van der Waals surface area contributed by atoms with Crippen molar-refractivity contribution in [2.24, 2.45) is 0 Å². The largest absolute Gasteiger partial charge is 0.356 e. The van der Waals surface area contributed by atoms with E-state index >= 15 is 0 Å². The van der Waals surface area contributed by atoms with Crippen LogP contribution in [-0.4, -0.2) is 47.5 Å². The Morgan fingerprint density at radius 2 is 1.96 bits per heavy atom. The minimum absolute atomic E-state index is 0.299. The van der Waals surface area contributed by atoms with E-state index in [2.05, 4.69) is 33.1 Å². The van der Waals surface area contributed by atoms with Crippen molar-refractivity contribution in [1.29, 1.82) is 0 Å². The van der Waals surface area contributed by atoms with E-state index in [0.29, 0.717) is 10.8 Å². The van der Waals surface area contributed by atoms with Gasteiger partial charge in [-0.2, -0.15) is 5.10 Å². The molecule has 0 N–H and O–H groups in total. The number of sulfone groups is 1. The third-order valence-corrected chi connectivity index (χ3v) is 6.37. The Morgan fingerprint density at radius 1 is 1.19 bits per heavy atom. The molecule has 8 heteroatoms. The molecular weight excluding hydrogens is 362 g/mol. The predicted molar refractivity (Wildman–Crippen MR) is 105 cm³/mol. The Labute approximate surface area is 159 Å². The maximum absolute atomic E-state index is 11.9. The summed E-state index contributed by atoms with van der Waals surface area (Å²) in [4.78, 5) is 11.3. The third-order valence-electron chi connectivity index (χ3n) is 5.26. The second kappa shape index (κ2) is 6.92. The zero-order valence-electron chi connectivity index (χ0n) is 15.5. The number of nitrogens with zero attached hydrogens (tertiary/aromatic N) is 5. The average Bonchev–Trinajstić information content (AvgIpc) is 3.16. The van der Waals surface area contributed by atoms with E-state index in [1.165, 1.54) is 11.8 Å². The molecule has 1 aliphatic rings. The standard InChI is InChI=1S/C19H23N5O2S/c1-3-24-12-15(11-22-24)14-6-8-23(9-7-14)19-17-10-16(27(2,25)26)4-5-18(17)20-13-21-19/h4-5,10-14H,3,6-9H2,1-2H3. The van der Waals surface area contributed by atoms with Gasteiger partial charge in [-0.25, -0.2) is 18.4 Å². The van der Waals surface area contributed by atoms with E-state index in [9.17, 15) is 8.42 Å². The van der Waals surface area contributed by atoms with E-state index in [-0.39, 0.29) is 0 Å². The quantitative estimate of drug-likeness (QED) is 0.687. The summed E-state index contributed by atoms with van der Waals surface area (Å²) in [7, 11) is -3.27. The van der Waals surface area contributed by atoms with Gasteiger partial charge in [-0.3, -0.25) is 4.68 Å². The van der Waals surface area contributed by atoms with Crippen LogP contribution < -0.4 is 4.90 Å². The molecule has 4 rings (SSSR count). The lowest BCUT2D eigenvalue weighted by atomic mass is 9.91. The van der Waals surface area contributed by atoms with Crippen LogP contribution in [0.3, 0.4) is 0 Å². The fourth-order valence-corrected chi connectivity index (χ4v) is 4.34. The lowest BCUT2D eigenvalue weighted by Crippen LogP contribution is -2.33. The molecule has 0 atom stereocenters. The van der Waals surface area contributed by atoms with E-state index in [1.807, 2.05) is 10.9 Å². The Morgan fingerprint density at radius 3 is 2.63 bits per heavy atom. The monoisotopic (exact) mass is 385 g/mol. The van der Waals surface area contributed by atoms with Gasteiger partial charge in [0.2, 0.25) is 0 Å². The molecule has 0 aliphatic carbocycles. The Bertz CT molecular complexity index is 1070. The van der Waals surface area contributed by atoms with Gasteiger partial charge in [0.15, 0.2) is 9.84 Å². The summed E-state index contributed by atoms with van der Waals surface area (Å²) in [5, 5.41) is 5.18. The van der Waals surface area contributed by atoms with Crippen LogP contribution in [0.25, 0.3) is 10.9 Å². The highest BCUT2D eigenvalue weighted by atomic mass is 32.2. The summed E-state index contributed by atoms with van der Waals surface area (Å²) in [6.45, 7) is 4.72. The number of hydrogen-bond acceptors (Lipinski definition) is 6. The molecule has 3 heterocycles. The summed E-state index contributed by atoms with van der Waals surface area (Å²) in [5.74, 6) is 1.31. The van der Waals surface area contributed by atoms with Gasteiger partial charge in [-0.05, 0) is 49.4 Å². The summed E-state index contributed by atoms with van der Waals surface area (Å²) in [6.07, 6.45) is 8.93. The lowest BCUT2D eigenvalue weighted by molar-refractivity contribution is 0.503. The van der Waals surface area contributed by atoms with Crippen LogP contribution in [-0.2, 0) is 16.4 Å². The summed E-state index contributed by atoms with van der Waals surface area (Å²) in [6, 6.07) is 5.05. The van der Waals surface area contributed by atoms with Crippen LogP contribution in [0.1, 0.15) is 31.2 Å². The van der Waals surface area contributed by atoms with Gasteiger partial charge in [0.25, 0.3) is 0 Å². The molecule has 0 bridgehead atoms. The molecule has 1 fully saturated rings. The number of aryl methyl sites for hydroxylation is 1. The number of aromatic nitrogens is 4. The van der Waals surface area contributed by atoms with E-state index in [0.717, 1.165) is 49.2 Å². The Kier molecular flexibility index (Phi) is 4.59. The van der Waals surface area contributed by atoms with Crippen molar-refractivity contribution in [3.8, 4) is 0 Å². The molecule has 2 aromatic heterocycles. The van der Waals surface area contributed by atoms with Crippen LogP contribution in [0, 0.1) is 0 Å². The van der Waals surface area contributed by atoms with Gasteiger partial charge in [0, 0.05) is 37.5 Å². The van der Waals surface area contributed by atoms with Crippen molar-refractivity contribution in [2.75, 3.05) is 24.2 Å². The predicted octanol–water partition coefficient (Wildman–Crippen LogP) is 2.63. The van der Waals surface area contributed by atoms with Crippen LogP contribution in [0.15, 0.2) is 41.8 Å². The summed E-state index contributed by atoms with van der Waals surface area (Å²) >= 11 is 0. The summed E-state index contributed by atoms with van der Waals surface area (Å²) in [5.41, 5.74) is 2.06. The molecule has 142 valence electrons. The van der Waals surface area contributed by atoms with Crippen LogP contribution in [0.2, 0.25) is 0 Å². The second-order valence-corrected chi connectivity index (χ2v) is 9.05. The molecule has 0 radical (unpaired) electrons. The zero-order valence-corrected chi connectivity index (χ0v) is 16.4. The molecule has 1 saturated heterocycles. The lowest BCUT2D eigenvalue weighted by Gasteiger charge is -2.33. The highest BCUT2D eigenvalue weighted by Gasteiger charge is 2.24. The molecule has 0 saturated carbocycles. The normalized spacial score (nSPS) is 16.1.